The van der Waals surface area contributed by atoms with E-state index in [0.29, 0.717) is 17.4 Å². The van der Waals surface area contributed by atoms with Crippen molar-refractivity contribution in [2.24, 2.45) is 17.3 Å². The molecule has 1 aliphatic heterocycles. The summed E-state index contributed by atoms with van der Waals surface area (Å²) in [6, 6.07) is 0.653. The highest BCUT2D eigenvalue weighted by atomic mass is 16.7. The van der Waals surface area contributed by atoms with Crippen molar-refractivity contribution in [1.82, 2.24) is 4.90 Å². The van der Waals surface area contributed by atoms with E-state index in [9.17, 15) is 0 Å². The van der Waals surface area contributed by atoms with Crippen molar-refractivity contribution in [2.75, 3.05) is 19.7 Å². The van der Waals surface area contributed by atoms with E-state index in [1.54, 1.807) is 0 Å². The van der Waals surface area contributed by atoms with E-state index in [1.807, 2.05) is 0 Å². The standard InChI is InChI=1S/C23H45NO2/c1-8-19(5)24(16-18(3)4)15-12-21-17-25-23(26-21)13-10-20(11-14-23)22(6,7)9-2/h18-21H,8-17H2,1-7H3. The lowest BCUT2D eigenvalue weighted by Gasteiger charge is -2.42. The van der Waals surface area contributed by atoms with Gasteiger partial charge in [-0.3, -0.25) is 0 Å². The number of rotatable bonds is 9. The van der Waals surface area contributed by atoms with Crippen molar-refractivity contribution in [3.63, 3.8) is 0 Å². The summed E-state index contributed by atoms with van der Waals surface area (Å²) >= 11 is 0. The summed E-state index contributed by atoms with van der Waals surface area (Å²) in [5.41, 5.74) is 0.452. The van der Waals surface area contributed by atoms with Crippen molar-refractivity contribution >= 4 is 0 Å². The Morgan fingerprint density at radius 2 is 1.77 bits per heavy atom. The Hall–Kier alpha value is -0.120. The van der Waals surface area contributed by atoms with E-state index in [-0.39, 0.29) is 11.9 Å². The molecule has 1 saturated heterocycles. The lowest BCUT2D eigenvalue weighted by molar-refractivity contribution is -0.197. The van der Waals surface area contributed by atoms with Crippen LogP contribution in [0.1, 0.15) is 93.4 Å². The van der Waals surface area contributed by atoms with E-state index in [0.717, 1.165) is 38.3 Å². The molecule has 2 rings (SSSR count). The van der Waals surface area contributed by atoms with Gasteiger partial charge in [0.05, 0.1) is 12.7 Å². The number of hydrogen-bond acceptors (Lipinski definition) is 3. The summed E-state index contributed by atoms with van der Waals surface area (Å²) in [6.07, 6.45) is 8.52. The van der Waals surface area contributed by atoms with Gasteiger partial charge in [-0.2, -0.15) is 0 Å². The Labute approximate surface area is 163 Å². The molecule has 0 aromatic rings. The zero-order valence-corrected chi connectivity index (χ0v) is 18.6. The third kappa shape index (κ3) is 5.69. The predicted octanol–water partition coefficient (Wildman–Crippen LogP) is 5.87. The predicted molar refractivity (Wildman–Crippen MR) is 110 cm³/mol. The first-order valence-corrected chi connectivity index (χ1v) is 11.3. The lowest BCUT2D eigenvalue weighted by atomic mass is 9.68. The van der Waals surface area contributed by atoms with Crippen LogP contribution in [0.4, 0.5) is 0 Å². The van der Waals surface area contributed by atoms with Crippen LogP contribution in [-0.4, -0.2) is 42.5 Å². The fourth-order valence-corrected chi connectivity index (χ4v) is 4.68. The minimum atomic E-state index is -0.260. The first kappa shape index (κ1) is 22.2. The van der Waals surface area contributed by atoms with Gasteiger partial charge in [0.2, 0.25) is 0 Å². The second-order valence-corrected chi connectivity index (χ2v) is 10.0. The van der Waals surface area contributed by atoms with Crippen molar-refractivity contribution in [3.05, 3.63) is 0 Å². The number of nitrogens with zero attached hydrogens (tertiary/aromatic N) is 1. The maximum absolute atomic E-state index is 6.50. The number of ether oxygens (including phenoxy) is 2. The second-order valence-electron chi connectivity index (χ2n) is 10.0. The molecule has 0 amide bonds. The van der Waals surface area contributed by atoms with Crippen LogP contribution in [0.15, 0.2) is 0 Å². The monoisotopic (exact) mass is 367 g/mol. The zero-order chi connectivity index (χ0) is 19.4. The van der Waals surface area contributed by atoms with Gasteiger partial charge in [0.15, 0.2) is 5.79 Å². The highest BCUT2D eigenvalue weighted by Gasteiger charge is 2.46. The Kier molecular flexibility index (Phi) is 8.00. The normalized spacial score (nSPS) is 31.3. The second kappa shape index (κ2) is 9.39. The summed E-state index contributed by atoms with van der Waals surface area (Å²) in [5.74, 6) is 1.27. The molecular formula is C23H45NO2. The Bertz CT molecular complexity index is 412. The van der Waals surface area contributed by atoms with Gasteiger partial charge in [-0.25, -0.2) is 0 Å². The Morgan fingerprint density at radius 1 is 1.12 bits per heavy atom. The molecule has 0 radical (unpaired) electrons. The number of hydrogen-bond donors (Lipinski definition) is 0. The van der Waals surface area contributed by atoms with Crippen molar-refractivity contribution < 1.29 is 9.47 Å². The molecule has 0 aromatic carbocycles. The minimum Gasteiger partial charge on any atom is -0.347 e. The zero-order valence-electron chi connectivity index (χ0n) is 18.6. The quantitative estimate of drug-likeness (QED) is 0.508. The molecule has 2 fully saturated rings. The molecule has 154 valence electrons. The minimum absolute atomic E-state index is 0.260. The van der Waals surface area contributed by atoms with Crippen LogP contribution < -0.4 is 0 Å². The largest absolute Gasteiger partial charge is 0.347 e. The van der Waals surface area contributed by atoms with Crippen LogP contribution in [0.2, 0.25) is 0 Å². The van der Waals surface area contributed by atoms with Crippen LogP contribution in [-0.2, 0) is 9.47 Å². The van der Waals surface area contributed by atoms with Gasteiger partial charge < -0.3 is 14.4 Å². The molecule has 3 nitrogen and oxygen atoms in total. The van der Waals surface area contributed by atoms with Crippen LogP contribution >= 0.6 is 0 Å². The van der Waals surface area contributed by atoms with Gasteiger partial charge in [-0.15, -0.1) is 0 Å². The van der Waals surface area contributed by atoms with Crippen molar-refractivity contribution in [2.45, 2.75) is 111 Å². The van der Waals surface area contributed by atoms with Gasteiger partial charge in [-0.1, -0.05) is 48.0 Å². The van der Waals surface area contributed by atoms with Crippen LogP contribution in [0.3, 0.4) is 0 Å². The van der Waals surface area contributed by atoms with E-state index in [4.69, 9.17) is 9.47 Å². The van der Waals surface area contributed by atoms with Crippen molar-refractivity contribution in [1.29, 1.82) is 0 Å². The van der Waals surface area contributed by atoms with Crippen molar-refractivity contribution in [3.8, 4) is 0 Å². The highest BCUT2D eigenvalue weighted by Crippen LogP contribution is 2.47. The summed E-state index contributed by atoms with van der Waals surface area (Å²) in [7, 11) is 0. The molecular weight excluding hydrogens is 322 g/mol. The molecule has 2 atom stereocenters. The van der Waals surface area contributed by atoms with E-state index < -0.39 is 0 Å². The summed E-state index contributed by atoms with van der Waals surface area (Å²) in [6.45, 7) is 19.5. The van der Waals surface area contributed by atoms with Crippen LogP contribution in [0, 0.1) is 17.3 Å². The molecule has 1 spiro atoms. The van der Waals surface area contributed by atoms with E-state index in [1.165, 1.54) is 32.2 Å². The molecule has 1 heterocycles. The maximum Gasteiger partial charge on any atom is 0.168 e. The van der Waals surface area contributed by atoms with Gasteiger partial charge >= 0.3 is 0 Å². The summed E-state index contributed by atoms with van der Waals surface area (Å²) < 4.78 is 12.8. The molecule has 2 aliphatic rings. The molecule has 1 saturated carbocycles. The van der Waals surface area contributed by atoms with E-state index >= 15 is 0 Å². The molecule has 2 unspecified atom stereocenters. The Balaban J connectivity index is 1.81. The highest BCUT2D eigenvalue weighted by molar-refractivity contribution is 4.90. The molecule has 1 aliphatic carbocycles. The summed E-state index contributed by atoms with van der Waals surface area (Å²) in [4.78, 5) is 2.64. The average molecular weight is 368 g/mol. The molecule has 26 heavy (non-hydrogen) atoms. The van der Waals surface area contributed by atoms with Gasteiger partial charge in [0.1, 0.15) is 0 Å². The third-order valence-electron chi connectivity index (χ3n) is 7.23. The molecule has 0 N–H and O–H groups in total. The van der Waals surface area contributed by atoms with Crippen LogP contribution in [0.5, 0.6) is 0 Å². The summed E-state index contributed by atoms with van der Waals surface area (Å²) in [5, 5.41) is 0. The fraction of sp³-hybridized carbons (Fsp3) is 1.00. The SMILES string of the molecule is CCC(C)N(CCC1COC2(CCC(C(C)(C)CC)CC2)O1)CC(C)C. The van der Waals surface area contributed by atoms with Gasteiger partial charge in [0.25, 0.3) is 0 Å². The fourth-order valence-electron chi connectivity index (χ4n) is 4.68. The van der Waals surface area contributed by atoms with E-state index in [2.05, 4.69) is 53.4 Å². The molecule has 0 bridgehead atoms. The smallest absolute Gasteiger partial charge is 0.168 e. The maximum atomic E-state index is 6.50. The Morgan fingerprint density at radius 3 is 2.31 bits per heavy atom. The average Bonchev–Trinajstić information content (AvgIpc) is 3.00. The first-order valence-electron chi connectivity index (χ1n) is 11.3. The lowest BCUT2D eigenvalue weighted by Crippen LogP contribution is -2.40. The molecule has 0 aromatic heterocycles. The third-order valence-corrected chi connectivity index (χ3v) is 7.23. The van der Waals surface area contributed by atoms with Crippen LogP contribution in [0.25, 0.3) is 0 Å². The van der Waals surface area contributed by atoms with Gasteiger partial charge in [0, 0.05) is 32.0 Å². The first-order chi connectivity index (χ1) is 12.2. The van der Waals surface area contributed by atoms with Gasteiger partial charge in [-0.05, 0) is 49.9 Å². The molecule has 3 heteroatoms. The topological polar surface area (TPSA) is 21.7 Å².